The van der Waals surface area contributed by atoms with Crippen LogP contribution in [0.5, 0.6) is 0 Å². The highest BCUT2D eigenvalue weighted by Crippen LogP contribution is 2.38. The van der Waals surface area contributed by atoms with Crippen molar-refractivity contribution < 1.29 is 26.3 Å². The molecule has 0 nitrogen and oxygen atoms in total. The third-order valence-electron chi connectivity index (χ3n) is 6.43. The first kappa shape index (κ1) is 23.4. The quantitative estimate of drug-likeness (QED) is 0.197. The standard InChI is InChI=1S/C27H24F6/c1-2-3-4-5-15-8-22(29)26(23(30)9-15)17-7-6-16-11-20(21(28)12-18(16)10-17)19-13-24(31)27(33)25(32)14-19/h8-9,11-14,17H,2-7,10H2,1H3. The lowest BCUT2D eigenvalue weighted by molar-refractivity contribution is 0.447. The summed E-state index contributed by atoms with van der Waals surface area (Å²) in [6.45, 7) is 2.06. The topological polar surface area (TPSA) is 0 Å². The van der Waals surface area contributed by atoms with Gasteiger partial charge in [0.1, 0.15) is 17.5 Å². The minimum absolute atomic E-state index is 0.0204. The molecule has 1 atom stereocenters. The third-order valence-corrected chi connectivity index (χ3v) is 6.43. The lowest BCUT2D eigenvalue weighted by atomic mass is 9.78. The van der Waals surface area contributed by atoms with Crippen molar-refractivity contribution in [2.75, 3.05) is 0 Å². The van der Waals surface area contributed by atoms with E-state index in [1.54, 1.807) is 0 Å². The molecule has 0 spiro atoms. The minimum Gasteiger partial charge on any atom is -0.207 e. The van der Waals surface area contributed by atoms with Gasteiger partial charge in [0.2, 0.25) is 0 Å². The molecule has 3 aromatic carbocycles. The number of benzene rings is 3. The molecule has 33 heavy (non-hydrogen) atoms. The number of hydrogen-bond acceptors (Lipinski definition) is 0. The molecule has 1 unspecified atom stereocenters. The predicted octanol–water partition coefficient (Wildman–Crippen LogP) is 8.19. The molecule has 6 heteroatoms. The Morgan fingerprint density at radius 2 is 1.39 bits per heavy atom. The van der Waals surface area contributed by atoms with E-state index in [-0.39, 0.29) is 23.1 Å². The zero-order valence-electron chi connectivity index (χ0n) is 18.3. The fourth-order valence-corrected chi connectivity index (χ4v) is 4.71. The molecular formula is C27H24F6. The van der Waals surface area contributed by atoms with E-state index < -0.39 is 40.8 Å². The lowest BCUT2D eigenvalue weighted by Crippen LogP contribution is -2.16. The van der Waals surface area contributed by atoms with E-state index in [4.69, 9.17) is 0 Å². The fraction of sp³-hybridized carbons (Fsp3) is 0.333. The van der Waals surface area contributed by atoms with Gasteiger partial charge in [0.15, 0.2) is 17.5 Å². The van der Waals surface area contributed by atoms with Crippen LogP contribution in [-0.4, -0.2) is 0 Å². The summed E-state index contributed by atoms with van der Waals surface area (Å²) in [7, 11) is 0. The number of hydrogen-bond donors (Lipinski definition) is 0. The van der Waals surface area contributed by atoms with Gasteiger partial charge < -0.3 is 0 Å². The Morgan fingerprint density at radius 1 is 0.727 bits per heavy atom. The van der Waals surface area contributed by atoms with Crippen LogP contribution >= 0.6 is 0 Å². The van der Waals surface area contributed by atoms with E-state index in [9.17, 15) is 26.3 Å². The van der Waals surface area contributed by atoms with Crippen LogP contribution in [0, 0.1) is 34.9 Å². The Morgan fingerprint density at radius 3 is 2.03 bits per heavy atom. The normalized spacial score (nSPS) is 15.5. The molecule has 1 aliphatic rings. The fourth-order valence-electron chi connectivity index (χ4n) is 4.71. The van der Waals surface area contributed by atoms with Crippen molar-refractivity contribution in [2.45, 2.75) is 57.8 Å². The molecule has 0 amide bonds. The van der Waals surface area contributed by atoms with Crippen molar-refractivity contribution in [1.29, 1.82) is 0 Å². The van der Waals surface area contributed by atoms with Crippen LogP contribution in [-0.2, 0) is 19.3 Å². The summed E-state index contributed by atoms with van der Waals surface area (Å²) in [5.41, 5.74) is 1.84. The van der Waals surface area contributed by atoms with Crippen molar-refractivity contribution >= 4 is 0 Å². The highest BCUT2D eigenvalue weighted by atomic mass is 19.2. The third kappa shape index (κ3) is 4.80. The number of halogens is 6. The van der Waals surface area contributed by atoms with Gasteiger partial charge in [-0.1, -0.05) is 19.8 Å². The maximum atomic E-state index is 14.8. The molecular weight excluding hydrogens is 438 g/mol. The largest absolute Gasteiger partial charge is 0.207 e. The average molecular weight is 462 g/mol. The van der Waals surface area contributed by atoms with Gasteiger partial charge in [-0.2, -0.15) is 0 Å². The van der Waals surface area contributed by atoms with Crippen LogP contribution in [0.2, 0.25) is 0 Å². The first-order chi connectivity index (χ1) is 15.8. The van der Waals surface area contributed by atoms with Gasteiger partial charge in [-0.05, 0) is 96.7 Å². The van der Waals surface area contributed by atoms with E-state index >= 15 is 0 Å². The van der Waals surface area contributed by atoms with E-state index in [1.807, 2.05) is 0 Å². The molecule has 0 heterocycles. The van der Waals surface area contributed by atoms with Crippen LogP contribution in [0.25, 0.3) is 11.1 Å². The van der Waals surface area contributed by atoms with Gasteiger partial charge in [0.05, 0.1) is 0 Å². The Hall–Kier alpha value is -2.76. The maximum Gasteiger partial charge on any atom is 0.194 e. The summed E-state index contributed by atoms with van der Waals surface area (Å²) in [6, 6.07) is 7.01. The summed E-state index contributed by atoms with van der Waals surface area (Å²) in [5, 5.41) is 0. The second kappa shape index (κ2) is 9.62. The molecule has 0 saturated carbocycles. The Kier molecular flexibility index (Phi) is 6.82. The van der Waals surface area contributed by atoms with E-state index in [0.29, 0.717) is 30.4 Å². The first-order valence-electron chi connectivity index (χ1n) is 11.2. The van der Waals surface area contributed by atoms with Crippen LogP contribution in [0.15, 0.2) is 36.4 Å². The molecule has 4 rings (SSSR count). The average Bonchev–Trinajstić information content (AvgIpc) is 2.76. The van der Waals surface area contributed by atoms with Gasteiger partial charge in [0.25, 0.3) is 0 Å². The molecule has 0 N–H and O–H groups in total. The zero-order valence-corrected chi connectivity index (χ0v) is 18.3. The summed E-state index contributed by atoms with van der Waals surface area (Å²) in [4.78, 5) is 0. The molecule has 0 aliphatic heterocycles. The SMILES string of the molecule is CCCCCc1cc(F)c(C2CCc3cc(-c4cc(F)c(F)c(F)c4)c(F)cc3C2)c(F)c1. The number of rotatable bonds is 6. The molecule has 0 radical (unpaired) electrons. The van der Waals surface area contributed by atoms with Crippen molar-refractivity contribution in [1.82, 2.24) is 0 Å². The van der Waals surface area contributed by atoms with E-state index in [0.717, 1.165) is 37.0 Å². The summed E-state index contributed by atoms with van der Waals surface area (Å²) in [5.74, 6) is -6.73. The van der Waals surface area contributed by atoms with Crippen LogP contribution in [0.1, 0.15) is 60.8 Å². The van der Waals surface area contributed by atoms with Crippen LogP contribution in [0.4, 0.5) is 26.3 Å². The van der Waals surface area contributed by atoms with Crippen LogP contribution < -0.4 is 0 Å². The summed E-state index contributed by atoms with van der Waals surface area (Å²) >= 11 is 0. The molecule has 3 aromatic rings. The summed E-state index contributed by atoms with van der Waals surface area (Å²) in [6.07, 6.45) is 4.64. The Balaban J connectivity index is 1.61. The van der Waals surface area contributed by atoms with E-state index in [1.165, 1.54) is 24.3 Å². The highest BCUT2D eigenvalue weighted by molar-refractivity contribution is 5.66. The smallest absolute Gasteiger partial charge is 0.194 e. The number of aryl methyl sites for hydroxylation is 2. The van der Waals surface area contributed by atoms with E-state index in [2.05, 4.69) is 6.92 Å². The number of unbranched alkanes of at least 4 members (excludes halogenated alkanes) is 2. The van der Waals surface area contributed by atoms with Crippen molar-refractivity contribution in [3.05, 3.63) is 93.6 Å². The van der Waals surface area contributed by atoms with Gasteiger partial charge in [0, 0.05) is 11.1 Å². The second-order valence-corrected chi connectivity index (χ2v) is 8.72. The van der Waals surface area contributed by atoms with Gasteiger partial charge in [-0.3, -0.25) is 0 Å². The van der Waals surface area contributed by atoms with Crippen molar-refractivity contribution in [3.8, 4) is 11.1 Å². The van der Waals surface area contributed by atoms with Crippen molar-refractivity contribution in [2.24, 2.45) is 0 Å². The Bertz CT molecular complexity index is 1140. The molecule has 0 saturated heterocycles. The van der Waals surface area contributed by atoms with Crippen LogP contribution in [0.3, 0.4) is 0 Å². The van der Waals surface area contributed by atoms with Gasteiger partial charge in [-0.15, -0.1) is 0 Å². The van der Waals surface area contributed by atoms with Crippen molar-refractivity contribution in [3.63, 3.8) is 0 Å². The highest BCUT2D eigenvalue weighted by Gasteiger charge is 2.27. The Labute approximate surface area is 189 Å². The maximum absolute atomic E-state index is 14.8. The summed E-state index contributed by atoms with van der Waals surface area (Å²) < 4.78 is 85.0. The molecule has 174 valence electrons. The zero-order chi connectivity index (χ0) is 23.7. The first-order valence-corrected chi connectivity index (χ1v) is 11.2. The van der Waals surface area contributed by atoms with Gasteiger partial charge >= 0.3 is 0 Å². The molecule has 0 bridgehead atoms. The minimum atomic E-state index is -1.61. The van der Waals surface area contributed by atoms with Gasteiger partial charge in [-0.25, -0.2) is 26.3 Å². The monoisotopic (exact) mass is 462 g/mol. The number of fused-ring (bicyclic) bond motifs is 1. The lowest BCUT2D eigenvalue weighted by Gasteiger charge is -2.27. The predicted molar refractivity (Wildman–Crippen MR) is 116 cm³/mol. The molecule has 0 aromatic heterocycles. The second-order valence-electron chi connectivity index (χ2n) is 8.72. The molecule has 1 aliphatic carbocycles. The molecule has 0 fully saturated rings.